The number of hydrogen-bond acceptors (Lipinski definition) is 5. The van der Waals surface area contributed by atoms with Gasteiger partial charge in [0.25, 0.3) is 5.91 Å². The molecule has 0 spiro atoms. The van der Waals surface area contributed by atoms with Crippen LogP contribution in [0.25, 0.3) is 10.9 Å². The van der Waals surface area contributed by atoms with Gasteiger partial charge in [-0.15, -0.1) is 0 Å². The van der Waals surface area contributed by atoms with E-state index < -0.39 is 11.7 Å². The van der Waals surface area contributed by atoms with Crippen molar-refractivity contribution in [2.75, 3.05) is 12.4 Å². The zero-order chi connectivity index (χ0) is 20.4. The van der Waals surface area contributed by atoms with E-state index in [9.17, 15) is 14.0 Å². The SMILES string of the molecule is COc1cc2nn(C3CCC(C=O)CC3)cc2cc1NC(=O)c1cncc(F)c1. The van der Waals surface area contributed by atoms with Crippen molar-refractivity contribution in [2.24, 2.45) is 5.92 Å². The van der Waals surface area contributed by atoms with Crippen molar-refractivity contribution < 1.29 is 18.7 Å². The molecule has 2 aromatic heterocycles. The predicted octanol–water partition coefficient (Wildman–Crippen LogP) is 3.76. The van der Waals surface area contributed by atoms with Crippen LogP contribution in [0.2, 0.25) is 0 Å². The van der Waals surface area contributed by atoms with Crippen LogP contribution < -0.4 is 10.1 Å². The second-order valence-corrected chi connectivity index (χ2v) is 7.27. The molecule has 0 bridgehead atoms. The van der Waals surface area contributed by atoms with Gasteiger partial charge in [0.2, 0.25) is 0 Å². The number of pyridine rings is 1. The minimum atomic E-state index is -0.578. The number of fused-ring (bicyclic) bond motifs is 1. The van der Waals surface area contributed by atoms with Crippen LogP contribution in [0.15, 0.2) is 36.8 Å². The molecular weight excluding hydrogens is 375 g/mol. The Bertz CT molecular complexity index is 1060. The smallest absolute Gasteiger partial charge is 0.257 e. The van der Waals surface area contributed by atoms with E-state index in [4.69, 9.17) is 4.74 Å². The summed E-state index contributed by atoms with van der Waals surface area (Å²) in [5, 5.41) is 8.27. The van der Waals surface area contributed by atoms with Crippen molar-refractivity contribution in [2.45, 2.75) is 31.7 Å². The molecule has 1 amide bonds. The van der Waals surface area contributed by atoms with Gasteiger partial charge in [0, 0.05) is 29.8 Å². The van der Waals surface area contributed by atoms with Gasteiger partial charge in [-0.2, -0.15) is 5.10 Å². The third-order valence-electron chi connectivity index (χ3n) is 5.37. The number of aldehydes is 1. The largest absolute Gasteiger partial charge is 0.494 e. The van der Waals surface area contributed by atoms with Crippen molar-refractivity contribution in [1.82, 2.24) is 14.8 Å². The first-order chi connectivity index (χ1) is 14.1. The van der Waals surface area contributed by atoms with Gasteiger partial charge in [-0.3, -0.25) is 14.5 Å². The molecule has 2 heterocycles. The summed E-state index contributed by atoms with van der Waals surface area (Å²) in [6.07, 6.45) is 8.89. The number of nitrogens with zero attached hydrogens (tertiary/aromatic N) is 3. The van der Waals surface area contributed by atoms with E-state index in [0.29, 0.717) is 11.4 Å². The molecule has 1 N–H and O–H groups in total. The van der Waals surface area contributed by atoms with Crippen LogP contribution in [0.1, 0.15) is 42.1 Å². The number of ether oxygens (including phenoxy) is 1. The second kappa shape index (κ2) is 7.98. The Morgan fingerprint density at radius 1 is 1.24 bits per heavy atom. The number of nitrogens with one attached hydrogen (secondary N) is 1. The van der Waals surface area contributed by atoms with Crippen LogP contribution in [0.5, 0.6) is 5.75 Å². The maximum absolute atomic E-state index is 13.3. The van der Waals surface area contributed by atoms with Crippen molar-refractivity contribution in [1.29, 1.82) is 0 Å². The average molecular weight is 396 g/mol. The van der Waals surface area contributed by atoms with Crippen LogP contribution in [0.3, 0.4) is 0 Å². The van der Waals surface area contributed by atoms with Crippen molar-refractivity contribution in [3.8, 4) is 5.75 Å². The Morgan fingerprint density at radius 2 is 2.03 bits per heavy atom. The number of carbonyl (C=O) groups excluding carboxylic acids is 2. The monoisotopic (exact) mass is 396 g/mol. The number of anilines is 1. The molecule has 7 nitrogen and oxygen atoms in total. The maximum Gasteiger partial charge on any atom is 0.257 e. The van der Waals surface area contributed by atoms with E-state index in [1.165, 1.54) is 13.3 Å². The summed E-state index contributed by atoms with van der Waals surface area (Å²) < 4.78 is 20.7. The van der Waals surface area contributed by atoms with Crippen molar-refractivity contribution in [3.63, 3.8) is 0 Å². The maximum atomic E-state index is 13.3. The summed E-state index contributed by atoms with van der Waals surface area (Å²) in [5.74, 6) is -0.444. The molecule has 1 aliphatic carbocycles. The van der Waals surface area contributed by atoms with E-state index in [2.05, 4.69) is 15.4 Å². The highest BCUT2D eigenvalue weighted by molar-refractivity contribution is 6.06. The number of aromatic nitrogens is 3. The summed E-state index contributed by atoms with van der Waals surface area (Å²) in [5.41, 5.74) is 1.35. The fourth-order valence-electron chi connectivity index (χ4n) is 3.76. The first-order valence-corrected chi connectivity index (χ1v) is 9.51. The molecule has 0 unspecified atom stereocenters. The quantitative estimate of drug-likeness (QED) is 0.664. The lowest BCUT2D eigenvalue weighted by atomic mass is 9.87. The van der Waals surface area contributed by atoms with Crippen LogP contribution in [0.4, 0.5) is 10.1 Å². The van der Waals surface area contributed by atoms with Crippen LogP contribution in [0, 0.1) is 11.7 Å². The van der Waals surface area contributed by atoms with Crippen LogP contribution >= 0.6 is 0 Å². The van der Waals surface area contributed by atoms with Gasteiger partial charge in [0.15, 0.2) is 0 Å². The molecule has 150 valence electrons. The van der Waals surface area contributed by atoms with Gasteiger partial charge >= 0.3 is 0 Å². The van der Waals surface area contributed by atoms with E-state index in [-0.39, 0.29) is 17.5 Å². The standard InChI is InChI=1S/C21H21FN4O3/c1-29-20-8-18-15(11-26(25-18)17-4-2-13(12-27)3-5-17)7-19(20)24-21(28)14-6-16(22)10-23-9-14/h6-13,17H,2-5H2,1H3,(H,24,28). The molecule has 0 radical (unpaired) electrons. The fraction of sp³-hybridized carbons (Fsp3) is 0.333. The van der Waals surface area contributed by atoms with E-state index >= 15 is 0 Å². The highest BCUT2D eigenvalue weighted by Gasteiger charge is 2.23. The lowest BCUT2D eigenvalue weighted by Crippen LogP contribution is -2.19. The summed E-state index contributed by atoms with van der Waals surface area (Å²) in [4.78, 5) is 27.1. The second-order valence-electron chi connectivity index (χ2n) is 7.27. The van der Waals surface area contributed by atoms with E-state index in [1.54, 1.807) is 12.1 Å². The lowest BCUT2D eigenvalue weighted by Gasteiger charge is -2.25. The Labute approximate surface area is 166 Å². The first kappa shape index (κ1) is 19.0. The zero-order valence-electron chi connectivity index (χ0n) is 16.0. The molecule has 1 aromatic carbocycles. The third-order valence-corrected chi connectivity index (χ3v) is 5.37. The molecule has 8 heteroatoms. The topological polar surface area (TPSA) is 86.1 Å². The van der Waals surface area contributed by atoms with Gasteiger partial charge in [0.05, 0.1) is 36.1 Å². The summed E-state index contributed by atoms with van der Waals surface area (Å²) in [7, 11) is 1.51. The van der Waals surface area contributed by atoms with Gasteiger partial charge in [0.1, 0.15) is 17.9 Å². The first-order valence-electron chi connectivity index (χ1n) is 9.51. The summed E-state index contributed by atoms with van der Waals surface area (Å²) >= 11 is 0. The lowest BCUT2D eigenvalue weighted by molar-refractivity contribution is -0.112. The highest BCUT2D eigenvalue weighted by Crippen LogP contribution is 2.34. The molecule has 3 aromatic rings. The van der Waals surface area contributed by atoms with Crippen LogP contribution in [-0.2, 0) is 4.79 Å². The highest BCUT2D eigenvalue weighted by atomic mass is 19.1. The molecule has 1 saturated carbocycles. The van der Waals surface area contributed by atoms with Crippen LogP contribution in [-0.4, -0.2) is 34.1 Å². The Morgan fingerprint density at radius 3 is 2.72 bits per heavy atom. The molecule has 29 heavy (non-hydrogen) atoms. The third kappa shape index (κ3) is 3.96. The van der Waals surface area contributed by atoms with Gasteiger partial charge < -0.3 is 14.8 Å². The molecule has 1 fully saturated rings. The molecular formula is C21H21FN4O3. The summed E-state index contributed by atoms with van der Waals surface area (Å²) in [6.45, 7) is 0. The number of carbonyl (C=O) groups is 2. The van der Waals surface area contributed by atoms with Gasteiger partial charge in [-0.1, -0.05) is 0 Å². The van der Waals surface area contributed by atoms with Gasteiger partial charge in [-0.05, 0) is 37.8 Å². The average Bonchev–Trinajstić information content (AvgIpc) is 3.16. The number of halogens is 1. The molecule has 1 aliphatic rings. The van der Waals surface area contributed by atoms with E-state index in [0.717, 1.165) is 55.1 Å². The normalized spacial score (nSPS) is 19.1. The molecule has 0 atom stereocenters. The Hall–Kier alpha value is -3.29. The Balaban J connectivity index is 1.60. The fourth-order valence-corrected chi connectivity index (χ4v) is 3.76. The minimum absolute atomic E-state index is 0.120. The number of methoxy groups -OCH3 is 1. The van der Waals surface area contributed by atoms with Gasteiger partial charge in [-0.25, -0.2) is 4.39 Å². The number of benzene rings is 1. The number of rotatable bonds is 5. The van der Waals surface area contributed by atoms with Crippen molar-refractivity contribution >= 4 is 28.8 Å². The van der Waals surface area contributed by atoms with Crippen molar-refractivity contribution in [3.05, 3.63) is 48.2 Å². The Kier molecular flexibility index (Phi) is 5.24. The number of hydrogen-bond donors (Lipinski definition) is 1. The van der Waals surface area contributed by atoms with E-state index in [1.807, 2.05) is 10.9 Å². The minimum Gasteiger partial charge on any atom is -0.494 e. The predicted molar refractivity (Wildman–Crippen MR) is 105 cm³/mol. The molecule has 4 rings (SSSR count). The molecule has 0 saturated heterocycles. The summed E-state index contributed by atoms with van der Waals surface area (Å²) in [6, 6.07) is 4.93. The molecule has 0 aliphatic heterocycles. The zero-order valence-corrected chi connectivity index (χ0v) is 16.0. The number of amides is 1.